The fourth-order valence-corrected chi connectivity index (χ4v) is 14.9. The first-order valence-corrected chi connectivity index (χ1v) is 25.1. The van der Waals surface area contributed by atoms with Gasteiger partial charge in [0, 0.05) is 17.3 Å². The van der Waals surface area contributed by atoms with Gasteiger partial charge in [-0.15, -0.1) is 12.8 Å². The minimum atomic E-state index is -0.919. The SMILES string of the molecule is C#C[C@]1(O)CC[C@H]2[C@@H]3CCC4=CC(=O)CC[C@@H]4[C@H]3CC[C@@]21CC.C#C[C@]1(O)CC[C@H]2[C@@H]3CCc4cc(O)ccc4[C@H]3CC[C@@]21C.CC(C)(C#N)c1cc(Cn2cncn2)cc(C(C)(C)C#N)c1. The number of allylic oxidation sites excluding steroid dienone is 1. The molecular weight excluding hydrogens is 831 g/mol. The zero-order chi connectivity index (χ0) is 48.2. The standard InChI is InChI=1S/C21H28O2.C20H24O2.C17H19N5/c1-3-20-11-9-17-16-8-6-15(22)13-14(16)5-7-18(17)19(20)10-12-21(20,23)4-2;1-3-20(22)11-9-18-17-6-4-13-12-14(21)5-7-15(13)16(17)8-10-19(18,20)2;1-16(2,9-18)14-5-13(8-22-12-20-11-21-22)6-15(7-14)17(3,4)10-19/h2,13,16-19,23H,3,5-12H2,1H3;1,5,7,12,16-18,21-22H,4,6,8-11H2,2H3;5-7,11-12H,8H2,1-4H3/t16-,17+,18+,19-,20-,21-;16-,17-,18+,19+,20+;/m01./s1. The van der Waals surface area contributed by atoms with Gasteiger partial charge in [0.05, 0.1) is 29.5 Å². The van der Waals surface area contributed by atoms with Crippen LogP contribution in [0.1, 0.15) is 165 Å². The Morgan fingerprint density at radius 2 is 1.45 bits per heavy atom. The first kappa shape index (κ1) is 48.3. The van der Waals surface area contributed by atoms with Crippen LogP contribution in [0.2, 0.25) is 0 Å². The van der Waals surface area contributed by atoms with Crippen LogP contribution in [-0.2, 0) is 28.6 Å². The molecule has 0 saturated heterocycles. The first-order chi connectivity index (χ1) is 31.8. The van der Waals surface area contributed by atoms with E-state index in [1.807, 2.05) is 64.1 Å². The van der Waals surface area contributed by atoms with E-state index < -0.39 is 22.0 Å². The number of aryl methyl sites for hydroxylation is 1. The predicted octanol–water partition coefficient (Wildman–Crippen LogP) is 10.4. The van der Waals surface area contributed by atoms with Crippen molar-refractivity contribution >= 4 is 5.78 Å². The molecule has 5 saturated carbocycles. The van der Waals surface area contributed by atoms with Crippen LogP contribution in [0.15, 0.2) is 60.7 Å². The number of carbonyl (C=O) groups is 1. The van der Waals surface area contributed by atoms with E-state index in [-0.39, 0.29) is 10.8 Å². The second-order valence-electron chi connectivity index (χ2n) is 22.7. The van der Waals surface area contributed by atoms with Gasteiger partial charge in [0.2, 0.25) is 0 Å². The molecule has 9 heteroatoms. The zero-order valence-electron chi connectivity index (χ0n) is 40.7. The number of hydrogen-bond acceptors (Lipinski definition) is 8. The number of phenolic OH excluding ortho intramolecular Hbond substituents is 1. The minimum absolute atomic E-state index is 0.0609. The summed E-state index contributed by atoms with van der Waals surface area (Å²) >= 11 is 0. The summed E-state index contributed by atoms with van der Waals surface area (Å²) in [7, 11) is 0. The Morgan fingerprint density at radius 1 is 0.776 bits per heavy atom. The molecule has 0 unspecified atom stereocenters. The van der Waals surface area contributed by atoms with Gasteiger partial charge in [0.1, 0.15) is 29.6 Å². The van der Waals surface area contributed by atoms with Gasteiger partial charge in [-0.3, -0.25) is 4.79 Å². The van der Waals surface area contributed by atoms with E-state index in [1.54, 1.807) is 11.0 Å². The van der Waals surface area contributed by atoms with Crippen molar-refractivity contribution in [2.24, 2.45) is 46.3 Å². The summed E-state index contributed by atoms with van der Waals surface area (Å²) in [6.07, 6.45) is 31.8. The molecule has 67 heavy (non-hydrogen) atoms. The average Bonchev–Trinajstić information content (AvgIpc) is 4.03. The summed E-state index contributed by atoms with van der Waals surface area (Å²) in [5.74, 6) is 10.5. The number of rotatable bonds is 5. The molecule has 1 heterocycles. The van der Waals surface area contributed by atoms with Crippen molar-refractivity contribution < 1.29 is 20.1 Å². The summed E-state index contributed by atoms with van der Waals surface area (Å²) in [4.78, 5) is 15.7. The fraction of sp³-hybridized carbons (Fsp3) is 0.603. The fourth-order valence-electron chi connectivity index (χ4n) is 14.9. The van der Waals surface area contributed by atoms with Gasteiger partial charge in [0.25, 0.3) is 0 Å². The van der Waals surface area contributed by atoms with Crippen molar-refractivity contribution in [3.8, 4) is 42.6 Å². The molecule has 7 aliphatic carbocycles. The molecule has 1 aromatic heterocycles. The van der Waals surface area contributed by atoms with Crippen molar-refractivity contribution in [1.29, 1.82) is 10.5 Å². The lowest BCUT2D eigenvalue weighted by Gasteiger charge is -2.55. The van der Waals surface area contributed by atoms with Crippen molar-refractivity contribution in [3.63, 3.8) is 0 Å². The van der Waals surface area contributed by atoms with Gasteiger partial charge < -0.3 is 15.3 Å². The summed E-state index contributed by atoms with van der Waals surface area (Å²) < 4.78 is 1.72. The Bertz CT molecular complexity index is 2520. The van der Waals surface area contributed by atoms with Gasteiger partial charge in [-0.2, -0.15) is 15.6 Å². The van der Waals surface area contributed by atoms with E-state index in [9.17, 15) is 30.6 Å². The van der Waals surface area contributed by atoms with E-state index in [2.05, 4.69) is 54.0 Å². The van der Waals surface area contributed by atoms with Crippen LogP contribution in [-0.4, -0.2) is 47.1 Å². The van der Waals surface area contributed by atoms with Gasteiger partial charge >= 0.3 is 0 Å². The highest BCUT2D eigenvalue weighted by Crippen LogP contribution is 2.67. The van der Waals surface area contributed by atoms with Crippen molar-refractivity contribution in [3.05, 3.63) is 88.5 Å². The number of phenols is 1. The summed E-state index contributed by atoms with van der Waals surface area (Å²) in [5, 5.41) is 54.7. The van der Waals surface area contributed by atoms with Crippen molar-refractivity contribution in [2.75, 3.05) is 0 Å². The summed E-state index contributed by atoms with van der Waals surface area (Å²) in [6, 6.07) is 16.5. The van der Waals surface area contributed by atoms with E-state index in [0.29, 0.717) is 59.5 Å². The molecule has 7 aliphatic rings. The minimum Gasteiger partial charge on any atom is -0.508 e. The van der Waals surface area contributed by atoms with Crippen molar-refractivity contribution in [2.45, 2.75) is 172 Å². The average molecular weight is 902 g/mol. The molecule has 3 N–H and O–H groups in total. The van der Waals surface area contributed by atoms with Crippen molar-refractivity contribution in [1.82, 2.24) is 14.8 Å². The number of aliphatic hydroxyl groups is 2. The maximum absolute atomic E-state index is 11.8. The highest BCUT2D eigenvalue weighted by atomic mass is 16.3. The molecule has 3 aromatic rings. The molecule has 0 amide bonds. The number of nitrogens with zero attached hydrogens (tertiary/aromatic N) is 5. The van der Waals surface area contributed by atoms with Crippen LogP contribution < -0.4 is 0 Å². The third-order valence-electron chi connectivity index (χ3n) is 18.9. The van der Waals surface area contributed by atoms with Crippen LogP contribution in [0.5, 0.6) is 5.75 Å². The van der Waals surface area contributed by atoms with Gasteiger partial charge in [-0.1, -0.05) is 55.5 Å². The van der Waals surface area contributed by atoms with Gasteiger partial charge in [-0.25, -0.2) is 9.67 Å². The lowest BCUT2D eigenvalue weighted by atomic mass is 9.49. The van der Waals surface area contributed by atoms with Crippen LogP contribution in [0.4, 0.5) is 0 Å². The predicted molar refractivity (Wildman–Crippen MR) is 260 cm³/mol. The molecule has 0 spiro atoms. The lowest BCUT2D eigenvalue weighted by molar-refractivity contribution is -0.117. The van der Waals surface area contributed by atoms with E-state index in [4.69, 9.17) is 12.8 Å². The molecule has 10 rings (SSSR count). The van der Waals surface area contributed by atoms with E-state index >= 15 is 0 Å². The Labute approximate surface area is 399 Å². The van der Waals surface area contributed by atoms with Crippen LogP contribution in [0, 0.1) is 93.7 Å². The maximum Gasteiger partial charge on any atom is 0.155 e. The lowest BCUT2D eigenvalue weighted by Crippen LogP contribution is -2.53. The quantitative estimate of drug-likeness (QED) is 0.214. The summed E-state index contributed by atoms with van der Waals surface area (Å²) in [6.45, 7) is 12.5. The highest BCUT2D eigenvalue weighted by molar-refractivity contribution is 5.91. The topological polar surface area (TPSA) is 156 Å². The zero-order valence-corrected chi connectivity index (χ0v) is 40.7. The van der Waals surface area contributed by atoms with Crippen LogP contribution >= 0.6 is 0 Å². The Kier molecular flexibility index (Phi) is 13.0. The van der Waals surface area contributed by atoms with Crippen LogP contribution in [0.3, 0.4) is 0 Å². The number of nitriles is 2. The third-order valence-corrected chi connectivity index (χ3v) is 18.9. The van der Waals surface area contributed by atoms with E-state index in [1.165, 1.54) is 35.9 Å². The Morgan fingerprint density at radius 3 is 2.09 bits per heavy atom. The Balaban J connectivity index is 0.000000136. The smallest absolute Gasteiger partial charge is 0.155 e. The van der Waals surface area contributed by atoms with Gasteiger partial charge in [-0.05, 0) is 205 Å². The first-order valence-electron chi connectivity index (χ1n) is 25.1. The molecule has 0 bridgehead atoms. The monoisotopic (exact) mass is 902 g/mol. The number of carbonyl (C=O) groups excluding carboxylic acids is 1. The molecule has 9 nitrogen and oxygen atoms in total. The molecule has 2 aromatic carbocycles. The number of aromatic nitrogens is 3. The number of benzene rings is 2. The largest absolute Gasteiger partial charge is 0.508 e. The van der Waals surface area contributed by atoms with Crippen LogP contribution in [0.25, 0.3) is 0 Å². The molecule has 11 atom stereocenters. The number of ketones is 1. The van der Waals surface area contributed by atoms with E-state index in [0.717, 1.165) is 100 Å². The molecule has 0 radical (unpaired) electrons. The maximum atomic E-state index is 11.8. The second kappa shape index (κ2) is 18.0. The normalized spacial score (nSPS) is 34.7. The molecular formula is C58H71N5O4. The highest BCUT2D eigenvalue weighted by Gasteiger charge is 2.64. The molecule has 352 valence electrons. The second-order valence-corrected chi connectivity index (χ2v) is 22.7. The van der Waals surface area contributed by atoms with Gasteiger partial charge in [0.15, 0.2) is 5.78 Å². The number of fused-ring (bicyclic) bond motifs is 10. The third kappa shape index (κ3) is 8.34. The number of terminal acetylenes is 2. The summed E-state index contributed by atoms with van der Waals surface area (Å²) in [5.41, 5.74) is 3.76. The number of hydrogen-bond donors (Lipinski definition) is 3. The molecule has 0 aliphatic heterocycles. The molecule has 5 fully saturated rings. The Hall–Kier alpha value is -5.19. The number of aromatic hydroxyl groups is 1.